The smallest absolute Gasteiger partial charge is 0.331 e. The molecule has 1 aromatic carbocycles. The molecular formula is C17H19N3O3S. The quantitative estimate of drug-likeness (QED) is 0.495. The molecular weight excluding hydrogens is 326 g/mol. The van der Waals surface area contributed by atoms with Crippen LogP contribution >= 0.6 is 11.8 Å². The molecule has 24 heavy (non-hydrogen) atoms. The molecule has 0 fully saturated rings. The summed E-state index contributed by atoms with van der Waals surface area (Å²) in [5, 5.41) is 8.55. The largest absolute Gasteiger partial charge is 0.452 e. The van der Waals surface area contributed by atoms with E-state index in [2.05, 4.69) is 10.4 Å². The van der Waals surface area contributed by atoms with Crippen LogP contribution in [0.25, 0.3) is 0 Å². The first-order valence-corrected chi connectivity index (χ1v) is 8.20. The van der Waals surface area contributed by atoms with Crippen molar-refractivity contribution < 1.29 is 14.3 Å². The Bertz CT molecular complexity index is 754. The molecule has 1 aromatic heterocycles. The summed E-state index contributed by atoms with van der Waals surface area (Å²) in [6, 6.07) is 9.63. The molecule has 6 nitrogen and oxygen atoms in total. The topological polar surface area (TPSA) is 73.2 Å². The lowest BCUT2D eigenvalue weighted by atomic mass is 10.3. The number of benzene rings is 1. The Morgan fingerprint density at radius 1 is 1.29 bits per heavy atom. The van der Waals surface area contributed by atoms with Crippen LogP contribution in [0.2, 0.25) is 0 Å². The highest BCUT2D eigenvalue weighted by molar-refractivity contribution is 8.02. The molecule has 0 aliphatic carbocycles. The van der Waals surface area contributed by atoms with Gasteiger partial charge in [-0.3, -0.25) is 9.48 Å². The average Bonchev–Trinajstić information content (AvgIpc) is 2.80. The average molecular weight is 345 g/mol. The van der Waals surface area contributed by atoms with Crippen molar-refractivity contribution in [1.29, 1.82) is 0 Å². The van der Waals surface area contributed by atoms with Crippen LogP contribution in [0.1, 0.15) is 11.4 Å². The second kappa shape index (κ2) is 8.35. The van der Waals surface area contributed by atoms with E-state index in [1.54, 1.807) is 24.1 Å². The van der Waals surface area contributed by atoms with Crippen LogP contribution in [0.3, 0.4) is 0 Å². The van der Waals surface area contributed by atoms with E-state index < -0.39 is 11.9 Å². The van der Waals surface area contributed by atoms with Gasteiger partial charge in [0.1, 0.15) is 0 Å². The lowest BCUT2D eigenvalue weighted by Gasteiger charge is -2.05. The number of esters is 1. The Kier molecular flexibility index (Phi) is 6.20. The maximum absolute atomic E-state index is 11.9. The van der Waals surface area contributed by atoms with E-state index in [1.165, 1.54) is 17.8 Å². The molecule has 1 N–H and O–H groups in total. The lowest BCUT2D eigenvalue weighted by Crippen LogP contribution is -2.20. The zero-order valence-corrected chi connectivity index (χ0v) is 14.6. The highest BCUT2D eigenvalue weighted by Crippen LogP contribution is 2.19. The molecule has 2 rings (SSSR count). The number of hydrogen-bond donors (Lipinski definition) is 1. The number of carbonyl (C=O) groups excluding carboxylic acids is 2. The lowest BCUT2D eigenvalue weighted by molar-refractivity contribution is -0.142. The van der Waals surface area contributed by atoms with Crippen LogP contribution in [0.5, 0.6) is 0 Å². The molecule has 0 saturated heterocycles. The van der Waals surface area contributed by atoms with Gasteiger partial charge < -0.3 is 10.1 Å². The zero-order chi connectivity index (χ0) is 17.5. The SMILES string of the molecule is Cc1nn(C)c(C)c1NC(=O)COC(=O)/C=C/Sc1ccccc1. The predicted molar refractivity (Wildman–Crippen MR) is 93.7 cm³/mol. The minimum Gasteiger partial charge on any atom is -0.452 e. The molecule has 7 heteroatoms. The molecule has 0 atom stereocenters. The number of aryl methyl sites for hydroxylation is 2. The summed E-state index contributed by atoms with van der Waals surface area (Å²) in [5.41, 5.74) is 2.20. The summed E-state index contributed by atoms with van der Waals surface area (Å²) in [6.07, 6.45) is 1.30. The van der Waals surface area contributed by atoms with E-state index in [9.17, 15) is 9.59 Å². The molecule has 0 aliphatic rings. The molecule has 0 saturated carbocycles. The first-order chi connectivity index (χ1) is 11.5. The fourth-order valence-electron chi connectivity index (χ4n) is 1.98. The summed E-state index contributed by atoms with van der Waals surface area (Å²) < 4.78 is 6.60. The van der Waals surface area contributed by atoms with Gasteiger partial charge in [-0.2, -0.15) is 5.10 Å². The predicted octanol–water partition coefficient (Wildman–Crippen LogP) is 2.82. The Hall–Kier alpha value is -2.54. The van der Waals surface area contributed by atoms with Gasteiger partial charge in [0.15, 0.2) is 6.61 Å². The van der Waals surface area contributed by atoms with Crippen molar-refractivity contribution in [2.45, 2.75) is 18.7 Å². The van der Waals surface area contributed by atoms with Crippen molar-refractivity contribution in [3.63, 3.8) is 0 Å². The van der Waals surface area contributed by atoms with Gasteiger partial charge in [-0.25, -0.2) is 4.79 Å². The van der Waals surface area contributed by atoms with E-state index in [4.69, 9.17) is 4.74 Å². The Morgan fingerprint density at radius 3 is 2.62 bits per heavy atom. The number of anilines is 1. The monoisotopic (exact) mass is 345 g/mol. The van der Waals surface area contributed by atoms with Crippen LogP contribution in [0.15, 0.2) is 46.7 Å². The van der Waals surface area contributed by atoms with Crippen LogP contribution in [0.4, 0.5) is 5.69 Å². The van der Waals surface area contributed by atoms with Gasteiger partial charge in [0.2, 0.25) is 0 Å². The first-order valence-electron chi connectivity index (χ1n) is 7.32. The van der Waals surface area contributed by atoms with E-state index in [0.29, 0.717) is 11.4 Å². The number of ether oxygens (including phenoxy) is 1. The molecule has 0 bridgehead atoms. The summed E-state index contributed by atoms with van der Waals surface area (Å²) in [5.74, 6) is -0.958. The van der Waals surface area contributed by atoms with Gasteiger partial charge >= 0.3 is 5.97 Å². The Morgan fingerprint density at radius 2 is 2.00 bits per heavy atom. The Balaban J connectivity index is 1.78. The van der Waals surface area contributed by atoms with E-state index >= 15 is 0 Å². The number of nitrogens with one attached hydrogen (secondary N) is 1. The van der Waals surface area contributed by atoms with Crippen molar-refractivity contribution in [3.05, 3.63) is 53.2 Å². The van der Waals surface area contributed by atoms with E-state index in [1.807, 2.05) is 37.3 Å². The number of carbonyl (C=O) groups is 2. The van der Waals surface area contributed by atoms with Gasteiger partial charge in [0, 0.05) is 18.0 Å². The third-order valence-electron chi connectivity index (χ3n) is 3.27. The molecule has 126 valence electrons. The van der Waals surface area contributed by atoms with Crippen LogP contribution in [-0.2, 0) is 21.4 Å². The van der Waals surface area contributed by atoms with Gasteiger partial charge in [-0.05, 0) is 31.4 Å². The fourth-order valence-corrected chi connectivity index (χ4v) is 2.63. The summed E-state index contributed by atoms with van der Waals surface area (Å²) in [7, 11) is 1.80. The van der Waals surface area contributed by atoms with Crippen LogP contribution in [-0.4, -0.2) is 28.3 Å². The van der Waals surface area contributed by atoms with Crippen molar-refractivity contribution in [1.82, 2.24) is 9.78 Å². The first kappa shape index (κ1) is 17.8. The van der Waals surface area contributed by atoms with E-state index in [-0.39, 0.29) is 6.61 Å². The summed E-state index contributed by atoms with van der Waals surface area (Å²) >= 11 is 1.40. The number of thioether (sulfide) groups is 1. The third kappa shape index (κ3) is 4.99. The number of amides is 1. The number of hydrogen-bond acceptors (Lipinski definition) is 5. The third-order valence-corrected chi connectivity index (χ3v) is 4.09. The maximum Gasteiger partial charge on any atom is 0.331 e. The van der Waals surface area contributed by atoms with Gasteiger partial charge in [-0.1, -0.05) is 30.0 Å². The van der Waals surface area contributed by atoms with Crippen molar-refractivity contribution >= 4 is 29.3 Å². The number of aromatic nitrogens is 2. The van der Waals surface area contributed by atoms with Crippen molar-refractivity contribution in [2.75, 3.05) is 11.9 Å². The molecule has 0 radical (unpaired) electrons. The molecule has 1 amide bonds. The molecule has 2 aromatic rings. The molecule has 1 heterocycles. The van der Waals surface area contributed by atoms with Gasteiger partial charge in [-0.15, -0.1) is 0 Å². The second-order valence-electron chi connectivity index (χ2n) is 5.06. The summed E-state index contributed by atoms with van der Waals surface area (Å²) in [6.45, 7) is 3.32. The highest BCUT2D eigenvalue weighted by atomic mass is 32.2. The number of nitrogens with zero attached hydrogens (tertiary/aromatic N) is 2. The minimum atomic E-state index is -0.562. The summed E-state index contributed by atoms with van der Waals surface area (Å²) in [4.78, 5) is 24.5. The fraction of sp³-hybridized carbons (Fsp3) is 0.235. The molecule has 0 spiro atoms. The molecule has 0 unspecified atom stereocenters. The number of rotatable bonds is 6. The van der Waals surface area contributed by atoms with Crippen molar-refractivity contribution in [2.24, 2.45) is 7.05 Å². The van der Waals surface area contributed by atoms with Crippen molar-refractivity contribution in [3.8, 4) is 0 Å². The second-order valence-corrected chi connectivity index (χ2v) is 6.04. The maximum atomic E-state index is 11.9. The van der Waals surface area contributed by atoms with Crippen LogP contribution in [0, 0.1) is 13.8 Å². The molecule has 0 aliphatic heterocycles. The zero-order valence-electron chi connectivity index (χ0n) is 13.8. The van der Waals surface area contributed by atoms with Gasteiger partial charge in [0.05, 0.1) is 17.1 Å². The Labute approximate surface area is 144 Å². The standard InChI is InChI=1S/C17H19N3O3S/c1-12-17(13(2)20(3)19-12)18-15(21)11-23-16(22)9-10-24-14-7-5-4-6-8-14/h4-10H,11H2,1-3H3,(H,18,21)/b10-9+. The minimum absolute atomic E-state index is 0.340. The van der Waals surface area contributed by atoms with Crippen LogP contribution < -0.4 is 5.32 Å². The highest BCUT2D eigenvalue weighted by Gasteiger charge is 2.13. The van der Waals surface area contributed by atoms with E-state index in [0.717, 1.165) is 10.6 Å². The van der Waals surface area contributed by atoms with Gasteiger partial charge in [0.25, 0.3) is 5.91 Å². The normalized spacial score (nSPS) is 10.8.